The van der Waals surface area contributed by atoms with Crippen molar-refractivity contribution in [2.45, 2.75) is 31.2 Å². The van der Waals surface area contributed by atoms with Crippen molar-refractivity contribution in [2.24, 2.45) is 0 Å². The van der Waals surface area contributed by atoms with Gasteiger partial charge in [0.05, 0.1) is 34.8 Å². The molecule has 4 aromatic rings. The van der Waals surface area contributed by atoms with Crippen LogP contribution in [0.25, 0.3) is 11.1 Å². The van der Waals surface area contributed by atoms with Gasteiger partial charge in [-0.05, 0) is 84.6 Å². The molecule has 8 nitrogen and oxygen atoms in total. The van der Waals surface area contributed by atoms with Crippen molar-refractivity contribution in [1.29, 1.82) is 0 Å². The van der Waals surface area contributed by atoms with Crippen molar-refractivity contribution in [2.75, 3.05) is 24.6 Å². The lowest BCUT2D eigenvalue weighted by Gasteiger charge is -2.26. The molecule has 5 rings (SSSR count). The monoisotopic (exact) mass is 636 g/mol. The number of sulfonamides is 1. The van der Waals surface area contributed by atoms with Gasteiger partial charge in [-0.1, -0.05) is 41.9 Å². The van der Waals surface area contributed by atoms with Gasteiger partial charge in [0.1, 0.15) is 24.2 Å². The lowest BCUT2D eigenvalue weighted by Crippen LogP contribution is -2.48. The number of anilines is 1. The number of benzene rings is 4. The van der Waals surface area contributed by atoms with E-state index in [4.69, 9.17) is 21.1 Å². The quantitative estimate of drug-likeness (QED) is 0.182. The summed E-state index contributed by atoms with van der Waals surface area (Å²) in [6.45, 7) is 3.88. The molecule has 1 amide bonds. The molecule has 0 radical (unpaired) electrons. The minimum atomic E-state index is -4.15. The third kappa shape index (κ3) is 6.13. The summed E-state index contributed by atoms with van der Waals surface area (Å²) in [5, 5.41) is 3.02. The maximum absolute atomic E-state index is 14.0. The van der Waals surface area contributed by atoms with E-state index in [-0.39, 0.29) is 29.5 Å². The second-order valence-electron chi connectivity index (χ2n) is 10.4. The van der Waals surface area contributed by atoms with E-state index in [9.17, 15) is 22.4 Å². The number of aryl methyl sites for hydroxylation is 2. The van der Waals surface area contributed by atoms with Crippen LogP contribution in [0.3, 0.4) is 0 Å². The van der Waals surface area contributed by atoms with Crippen molar-refractivity contribution < 1.29 is 31.9 Å². The summed E-state index contributed by atoms with van der Waals surface area (Å²) in [5.41, 5.74) is 4.26. The Hall–Kier alpha value is -4.41. The summed E-state index contributed by atoms with van der Waals surface area (Å²) in [4.78, 5) is 25.3. The number of methoxy groups -OCH3 is 1. The zero-order valence-electron chi connectivity index (χ0n) is 24.3. The molecular formula is C33H30ClFN2O6S. The summed E-state index contributed by atoms with van der Waals surface area (Å²) in [6, 6.07) is 19.5. The van der Waals surface area contributed by atoms with Crippen LogP contribution in [0.15, 0.2) is 83.8 Å². The average molecular weight is 637 g/mol. The van der Waals surface area contributed by atoms with Crippen molar-refractivity contribution >= 4 is 39.2 Å². The summed E-state index contributed by atoms with van der Waals surface area (Å²) >= 11 is 6.20. The molecule has 0 unspecified atom stereocenters. The average Bonchev–Trinajstić information content (AvgIpc) is 3.40. The van der Waals surface area contributed by atoms with Gasteiger partial charge >= 0.3 is 5.97 Å². The van der Waals surface area contributed by atoms with Crippen LogP contribution >= 0.6 is 11.6 Å². The van der Waals surface area contributed by atoms with Crippen LogP contribution in [0.5, 0.6) is 5.75 Å². The molecule has 0 aromatic heterocycles. The van der Waals surface area contributed by atoms with Gasteiger partial charge in [0.15, 0.2) is 0 Å². The number of ether oxygens (including phenoxy) is 2. The SMILES string of the molecule is COC(=O)c1cc(C)c(OCCNC(=O)[C@@H]2Cc3ccccc3N2S(=O)(=O)c2ccc(-c3ccc(F)cc3Cl)cc2)c(C)c1. The minimum absolute atomic E-state index is 0.00123. The highest BCUT2D eigenvalue weighted by molar-refractivity contribution is 7.93. The molecule has 0 aliphatic carbocycles. The molecule has 0 saturated heterocycles. The number of hydrogen-bond donors (Lipinski definition) is 1. The van der Waals surface area contributed by atoms with Crippen LogP contribution in [-0.4, -0.2) is 46.6 Å². The number of carbonyl (C=O) groups is 2. The Morgan fingerprint density at radius 3 is 2.34 bits per heavy atom. The number of nitrogens with one attached hydrogen (secondary N) is 1. The summed E-state index contributed by atoms with van der Waals surface area (Å²) in [6.07, 6.45) is 0.207. The Bertz CT molecular complexity index is 1820. The zero-order chi connectivity index (χ0) is 31.6. The number of fused-ring (bicyclic) bond motifs is 1. The normalized spacial score (nSPS) is 14.2. The van der Waals surface area contributed by atoms with E-state index >= 15 is 0 Å². The predicted molar refractivity (Wildman–Crippen MR) is 166 cm³/mol. The number of amides is 1. The van der Waals surface area contributed by atoms with E-state index in [0.717, 1.165) is 21.0 Å². The van der Waals surface area contributed by atoms with Gasteiger partial charge in [-0.2, -0.15) is 0 Å². The molecule has 0 spiro atoms. The molecule has 1 heterocycles. The van der Waals surface area contributed by atoms with Gasteiger partial charge in [-0.3, -0.25) is 9.10 Å². The second-order valence-corrected chi connectivity index (χ2v) is 12.6. The molecule has 0 fully saturated rings. The Labute approximate surface area is 260 Å². The van der Waals surface area contributed by atoms with Gasteiger partial charge in [0.25, 0.3) is 10.0 Å². The fourth-order valence-electron chi connectivity index (χ4n) is 5.36. The number of hydrogen-bond acceptors (Lipinski definition) is 6. The molecule has 1 N–H and O–H groups in total. The molecule has 0 saturated carbocycles. The Balaban J connectivity index is 1.32. The molecular weight excluding hydrogens is 607 g/mol. The summed E-state index contributed by atoms with van der Waals surface area (Å²) < 4.78 is 53.3. The first kappa shape index (κ1) is 31.0. The molecule has 4 aromatic carbocycles. The van der Waals surface area contributed by atoms with Crippen LogP contribution < -0.4 is 14.4 Å². The van der Waals surface area contributed by atoms with Crippen LogP contribution in [0.4, 0.5) is 10.1 Å². The summed E-state index contributed by atoms with van der Waals surface area (Å²) in [5.74, 6) is -0.784. The second kappa shape index (κ2) is 12.7. The van der Waals surface area contributed by atoms with Crippen LogP contribution in [0.1, 0.15) is 27.0 Å². The van der Waals surface area contributed by atoms with Gasteiger partial charge in [-0.15, -0.1) is 0 Å². The Morgan fingerprint density at radius 1 is 1.00 bits per heavy atom. The number of carbonyl (C=O) groups excluding carboxylic acids is 2. The first-order chi connectivity index (χ1) is 21.0. The van der Waals surface area contributed by atoms with Crippen LogP contribution in [0.2, 0.25) is 5.02 Å². The van der Waals surface area contributed by atoms with E-state index in [2.05, 4.69) is 5.32 Å². The van der Waals surface area contributed by atoms with Crippen molar-refractivity contribution in [3.05, 3.63) is 112 Å². The maximum atomic E-state index is 14.0. The van der Waals surface area contributed by atoms with Gasteiger partial charge in [-0.25, -0.2) is 17.6 Å². The number of rotatable bonds is 9. The van der Waals surface area contributed by atoms with E-state index < -0.39 is 33.8 Å². The molecule has 11 heteroatoms. The first-order valence-electron chi connectivity index (χ1n) is 13.8. The van der Waals surface area contributed by atoms with Crippen molar-refractivity contribution in [3.8, 4) is 16.9 Å². The largest absolute Gasteiger partial charge is 0.491 e. The highest BCUT2D eigenvalue weighted by Crippen LogP contribution is 2.38. The van der Waals surface area contributed by atoms with Gasteiger partial charge < -0.3 is 14.8 Å². The third-order valence-electron chi connectivity index (χ3n) is 7.41. The molecule has 1 aliphatic heterocycles. The van der Waals surface area contributed by atoms with E-state index in [1.165, 1.54) is 37.4 Å². The Kier molecular flexibility index (Phi) is 8.94. The van der Waals surface area contributed by atoms with E-state index in [1.54, 1.807) is 48.5 Å². The van der Waals surface area contributed by atoms with E-state index in [1.807, 2.05) is 13.8 Å². The van der Waals surface area contributed by atoms with Gasteiger partial charge in [0.2, 0.25) is 5.91 Å². The smallest absolute Gasteiger partial charge is 0.337 e. The van der Waals surface area contributed by atoms with Crippen LogP contribution in [-0.2, 0) is 26.0 Å². The van der Waals surface area contributed by atoms with E-state index in [0.29, 0.717) is 28.1 Å². The zero-order valence-corrected chi connectivity index (χ0v) is 25.8. The fraction of sp³-hybridized carbons (Fsp3) is 0.212. The maximum Gasteiger partial charge on any atom is 0.337 e. The number of para-hydroxylation sites is 1. The molecule has 44 heavy (non-hydrogen) atoms. The lowest BCUT2D eigenvalue weighted by molar-refractivity contribution is -0.122. The predicted octanol–water partition coefficient (Wildman–Crippen LogP) is 5.86. The first-order valence-corrected chi connectivity index (χ1v) is 15.6. The van der Waals surface area contributed by atoms with Gasteiger partial charge in [0, 0.05) is 12.0 Å². The minimum Gasteiger partial charge on any atom is -0.491 e. The van der Waals surface area contributed by atoms with Crippen molar-refractivity contribution in [1.82, 2.24) is 5.32 Å². The lowest BCUT2D eigenvalue weighted by atomic mass is 10.1. The number of nitrogens with zero attached hydrogens (tertiary/aromatic N) is 1. The topological polar surface area (TPSA) is 102 Å². The van der Waals surface area contributed by atoms with Crippen molar-refractivity contribution in [3.63, 3.8) is 0 Å². The standard InChI is InChI=1S/C33H30ClFN2O6S/c1-20-16-24(33(39)42-3)17-21(2)31(20)43-15-14-36-32(38)30-18-23-6-4-5-7-29(23)37(30)44(40,41)26-11-8-22(9-12-26)27-13-10-25(35)19-28(27)34/h4-13,16-17,19,30H,14-15,18H2,1-3H3,(H,36,38)/t30-/m0/s1. The highest BCUT2D eigenvalue weighted by atomic mass is 35.5. The van der Waals surface area contributed by atoms with Crippen LogP contribution in [0, 0.1) is 19.7 Å². The number of esters is 1. The highest BCUT2D eigenvalue weighted by Gasteiger charge is 2.42. The number of halogens is 2. The Morgan fingerprint density at radius 2 is 1.68 bits per heavy atom. The molecule has 1 atom stereocenters. The molecule has 0 bridgehead atoms. The third-order valence-corrected chi connectivity index (χ3v) is 9.56. The summed E-state index contributed by atoms with van der Waals surface area (Å²) in [7, 11) is -2.83. The molecule has 228 valence electrons. The molecule has 1 aliphatic rings. The fourth-order valence-corrected chi connectivity index (χ4v) is 7.28.